The van der Waals surface area contributed by atoms with Crippen LogP contribution in [-0.2, 0) is 0 Å². The maximum absolute atomic E-state index is 3.98. The number of rotatable bonds is 0. The predicted octanol–water partition coefficient (Wildman–Crippen LogP) is 0.824. The van der Waals surface area contributed by atoms with E-state index in [1.54, 1.807) is 6.20 Å². The second-order valence-electron chi connectivity index (χ2n) is 1.51. The molecule has 0 saturated carbocycles. The van der Waals surface area contributed by atoms with Crippen molar-refractivity contribution in [3.63, 3.8) is 0 Å². The largest absolute Gasteiger partial charge is 0.307 e. The molecule has 2 heterocycles. The van der Waals surface area contributed by atoms with Gasteiger partial charge in [-0.2, -0.15) is 0 Å². The molecule has 1 aromatic heterocycles. The van der Waals surface area contributed by atoms with Gasteiger partial charge in [0.2, 0.25) is 0 Å². The normalized spacial score (nSPS) is 13.1. The van der Waals surface area contributed by atoms with Gasteiger partial charge in [-0.05, 0) is 6.08 Å². The minimum atomic E-state index is 1.06. The van der Waals surface area contributed by atoms with Gasteiger partial charge in [0.05, 0.1) is 0 Å². The van der Waals surface area contributed by atoms with Gasteiger partial charge in [-0.25, -0.2) is 4.98 Å². The summed E-state index contributed by atoms with van der Waals surface area (Å²) >= 11 is 0. The molecule has 0 spiro atoms. The van der Waals surface area contributed by atoms with Crippen molar-refractivity contribution >= 4 is 12.3 Å². The molecule has 2 heteroatoms. The molecule has 0 amide bonds. The molecule has 7 heavy (non-hydrogen) atoms. The highest BCUT2D eigenvalue weighted by Gasteiger charge is 2.00. The first-order chi connectivity index (χ1) is 3.47. The lowest BCUT2D eigenvalue weighted by molar-refractivity contribution is 1.07. The molecule has 0 atom stereocenters. The lowest BCUT2D eigenvalue weighted by Crippen LogP contribution is -1.95. The van der Waals surface area contributed by atoms with Crippen LogP contribution in [0.4, 0.5) is 0 Å². The standard InChI is InChI=1S/C5H4N2/c1-3-7-4-2-6-5(1)7/h1-4H. The molecule has 0 N–H and O–H groups in total. The van der Waals surface area contributed by atoms with Crippen LogP contribution in [0, 0.1) is 0 Å². The van der Waals surface area contributed by atoms with Gasteiger partial charge >= 0.3 is 0 Å². The van der Waals surface area contributed by atoms with Crippen LogP contribution in [-0.4, -0.2) is 9.55 Å². The third-order valence-electron chi connectivity index (χ3n) is 1.08. The van der Waals surface area contributed by atoms with Crippen molar-refractivity contribution in [2.24, 2.45) is 0 Å². The maximum atomic E-state index is 3.98. The Bertz CT molecular complexity index is 189. The van der Waals surface area contributed by atoms with E-state index in [4.69, 9.17) is 0 Å². The monoisotopic (exact) mass is 92.0 g/mol. The van der Waals surface area contributed by atoms with Gasteiger partial charge in [0, 0.05) is 18.6 Å². The van der Waals surface area contributed by atoms with Crippen molar-refractivity contribution in [2.75, 3.05) is 0 Å². The summed E-state index contributed by atoms with van der Waals surface area (Å²) in [6.07, 6.45) is 7.66. The van der Waals surface area contributed by atoms with Gasteiger partial charge < -0.3 is 4.57 Å². The van der Waals surface area contributed by atoms with Crippen molar-refractivity contribution in [2.45, 2.75) is 0 Å². The van der Waals surface area contributed by atoms with Gasteiger partial charge in [-0.15, -0.1) is 0 Å². The van der Waals surface area contributed by atoms with E-state index in [2.05, 4.69) is 4.98 Å². The summed E-state index contributed by atoms with van der Waals surface area (Å²) in [5.41, 5.74) is 0. The molecule has 2 nitrogen and oxygen atoms in total. The molecule has 1 aliphatic rings. The molecule has 0 unspecified atom stereocenters. The van der Waals surface area contributed by atoms with Crippen LogP contribution in [0.15, 0.2) is 12.4 Å². The molecule has 0 fully saturated rings. The summed E-state index contributed by atoms with van der Waals surface area (Å²) in [7, 11) is 0. The number of hydrogen-bond acceptors (Lipinski definition) is 1. The zero-order valence-electron chi connectivity index (χ0n) is 3.70. The molecule has 1 aliphatic heterocycles. The van der Waals surface area contributed by atoms with E-state index < -0.39 is 0 Å². The smallest absolute Gasteiger partial charge is 0.138 e. The molecule has 0 aliphatic carbocycles. The fourth-order valence-electron chi connectivity index (χ4n) is 0.645. The number of aromatic nitrogens is 2. The Morgan fingerprint density at radius 2 is 2.57 bits per heavy atom. The van der Waals surface area contributed by atoms with E-state index in [0.717, 1.165) is 5.82 Å². The average Bonchev–Trinajstić information content (AvgIpc) is 1.85. The summed E-state index contributed by atoms with van der Waals surface area (Å²) < 4.78 is 1.97. The van der Waals surface area contributed by atoms with Crippen molar-refractivity contribution in [1.82, 2.24) is 9.55 Å². The first kappa shape index (κ1) is 3.02. The summed E-state index contributed by atoms with van der Waals surface area (Å²) in [6, 6.07) is 0. The SMILES string of the molecule is C1=Cn2ccnc21. The molecule has 1 aromatic rings. The Kier molecular flexibility index (Phi) is 0.336. The van der Waals surface area contributed by atoms with Crippen molar-refractivity contribution in [3.8, 4) is 0 Å². The fourth-order valence-corrected chi connectivity index (χ4v) is 0.645. The number of nitrogens with zero attached hydrogens (tertiary/aromatic N) is 2. The summed E-state index contributed by atoms with van der Waals surface area (Å²) in [6.45, 7) is 0. The van der Waals surface area contributed by atoms with E-state index in [1.165, 1.54) is 0 Å². The van der Waals surface area contributed by atoms with Gasteiger partial charge in [-0.3, -0.25) is 0 Å². The van der Waals surface area contributed by atoms with Gasteiger partial charge in [0.25, 0.3) is 0 Å². The molecule has 0 radical (unpaired) electrons. The summed E-state index contributed by atoms with van der Waals surface area (Å²) in [5, 5.41) is 0. The lowest BCUT2D eigenvalue weighted by Gasteiger charge is -2.02. The fraction of sp³-hybridized carbons (Fsp3) is 0. The van der Waals surface area contributed by atoms with Gasteiger partial charge in [0.1, 0.15) is 5.82 Å². The van der Waals surface area contributed by atoms with Gasteiger partial charge in [-0.1, -0.05) is 0 Å². The molecule has 34 valence electrons. The van der Waals surface area contributed by atoms with Crippen LogP contribution < -0.4 is 0 Å². The second-order valence-corrected chi connectivity index (χ2v) is 1.51. The van der Waals surface area contributed by atoms with Crippen LogP contribution in [0.3, 0.4) is 0 Å². The van der Waals surface area contributed by atoms with E-state index in [9.17, 15) is 0 Å². The molecular formula is C5H4N2. The minimum absolute atomic E-state index is 1.06. The Morgan fingerprint density at radius 3 is 2.86 bits per heavy atom. The summed E-state index contributed by atoms with van der Waals surface area (Å²) in [4.78, 5) is 3.98. The average molecular weight is 92.1 g/mol. The van der Waals surface area contributed by atoms with E-state index in [1.807, 2.05) is 23.0 Å². The Hall–Kier alpha value is -1.05. The van der Waals surface area contributed by atoms with E-state index in [-0.39, 0.29) is 0 Å². The third kappa shape index (κ3) is 0.221. The zero-order chi connectivity index (χ0) is 4.69. The Morgan fingerprint density at radius 1 is 1.57 bits per heavy atom. The predicted molar refractivity (Wildman–Crippen MR) is 27.5 cm³/mol. The topological polar surface area (TPSA) is 17.8 Å². The second kappa shape index (κ2) is 0.780. The summed E-state index contributed by atoms with van der Waals surface area (Å²) in [5.74, 6) is 1.06. The first-order valence-corrected chi connectivity index (χ1v) is 2.18. The maximum Gasteiger partial charge on any atom is 0.138 e. The van der Waals surface area contributed by atoms with Crippen LogP contribution in [0.1, 0.15) is 5.82 Å². The minimum Gasteiger partial charge on any atom is -0.307 e. The zero-order valence-corrected chi connectivity index (χ0v) is 3.70. The Balaban J connectivity index is 2.79. The molecular weight excluding hydrogens is 88.1 g/mol. The van der Waals surface area contributed by atoms with E-state index >= 15 is 0 Å². The molecule has 0 saturated heterocycles. The highest BCUT2D eigenvalue weighted by Crippen LogP contribution is 2.09. The van der Waals surface area contributed by atoms with Gasteiger partial charge in [0.15, 0.2) is 0 Å². The molecule has 0 bridgehead atoms. The molecule has 0 aromatic carbocycles. The van der Waals surface area contributed by atoms with Crippen molar-refractivity contribution in [3.05, 3.63) is 18.2 Å². The highest BCUT2D eigenvalue weighted by molar-refractivity contribution is 5.66. The number of hydrogen-bond donors (Lipinski definition) is 0. The highest BCUT2D eigenvalue weighted by atomic mass is 15.1. The number of imidazole rings is 1. The third-order valence-corrected chi connectivity index (χ3v) is 1.08. The lowest BCUT2D eigenvalue weighted by atomic mass is 10.4. The molecule has 2 rings (SSSR count). The first-order valence-electron chi connectivity index (χ1n) is 2.18. The Labute approximate surface area is 41.1 Å². The van der Waals surface area contributed by atoms with Crippen LogP contribution >= 0.6 is 0 Å². The van der Waals surface area contributed by atoms with Crippen LogP contribution in [0.2, 0.25) is 0 Å². The quantitative estimate of drug-likeness (QED) is 0.470. The van der Waals surface area contributed by atoms with E-state index in [0.29, 0.717) is 0 Å². The van der Waals surface area contributed by atoms with Crippen LogP contribution in [0.5, 0.6) is 0 Å². The van der Waals surface area contributed by atoms with Crippen LogP contribution in [0.25, 0.3) is 12.3 Å². The van der Waals surface area contributed by atoms with Crippen molar-refractivity contribution < 1.29 is 0 Å². The van der Waals surface area contributed by atoms with Crippen molar-refractivity contribution in [1.29, 1.82) is 0 Å². The number of fused-ring (bicyclic) bond motifs is 1.